The molecule has 1 aliphatic rings. The van der Waals surface area contributed by atoms with Gasteiger partial charge in [-0.15, -0.1) is 0 Å². The van der Waals surface area contributed by atoms with Crippen LogP contribution in [0.15, 0.2) is 0 Å². The van der Waals surface area contributed by atoms with Crippen LogP contribution < -0.4 is 0 Å². The van der Waals surface area contributed by atoms with Crippen LogP contribution in [0.5, 0.6) is 0 Å². The van der Waals surface area contributed by atoms with Gasteiger partial charge in [0, 0.05) is 18.6 Å². The van der Waals surface area contributed by atoms with Crippen molar-refractivity contribution >= 4 is 11.8 Å². The first-order valence-electron chi connectivity index (χ1n) is 3.07. The van der Waals surface area contributed by atoms with Crippen LogP contribution in [0.25, 0.3) is 0 Å². The third kappa shape index (κ3) is 1.61. The molecule has 0 amide bonds. The molecule has 60 valence electrons. The number of hydrogen-bond acceptors (Lipinski definition) is 2. The quantitative estimate of drug-likeness (QED) is 0.674. The average molecular weight is 168 g/mol. The normalized spacial score (nSPS) is 27.6. The summed E-state index contributed by atoms with van der Waals surface area (Å²) >= 11 is 1.40. The highest BCUT2D eigenvalue weighted by molar-refractivity contribution is 7.98. The molecular weight excluding hydrogens is 158 g/mol. The Kier molecular flexibility index (Phi) is 1.94. The number of rotatable bonds is 2. The topological polar surface area (TPSA) is 20.2 Å². The van der Waals surface area contributed by atoms with Crippen LogP contribution in [0.2, 0.25) is 0 Å². The lowest BCUT2D eigenvalue weighted by atomic mass is 9.78. The maximum absolute atomic E-state index is 12.2. The van der Waals surface area contributed by atoms with Crippen LogP contribution in [0.3, 0.4) is 0 Å². The monoisotopic (exact) mass is 168 g/mol. The first kappa shape index (κ1) is 8.27. The van der Waals surface area contributed by atoms with E-state index in [0.717, 1.165) is 0 Å². The van der Waals surface area contributed by atoms with Crippen molar-refractivity contribution in [3.05, 3.63) is 0 Å². The Hall–Kier alpha value is 0.170. The summed E-state index contributed by atoms with van der Waals surface area (Å²) in [6.45, 7) is 0. The summed E-state index contributed by atoms with van der Waals surface area (Å²) in [5.74, 6) is -2.19. The summed E-state index contributed by atoms with van der Waals surface area (Å²) in [5.41, 5.74) is -1.08. The van der Waals surface area contributed by atoms with E-state index in [-0.39, 0.29) is 12.8 Å². The van der Waals surface area contributed by atoms with Crippen molar-refractivity contribution in [3.8, 4) is 0 Å². The van der Waals surface area contributed by atoms with Crippen molar-refractivity contribution in [2.75, 3.05) is 12.0 Å². The van der Waals surface area contributed by atoms with Gasteiger partial charge in [0.25, 0.3) is 5.92 Å². The molecule has 0 atom stereocenters. The molecule has 1 fully saturated rings. The minimum atomic E-state index is -2.61. The maximum atomic E-state index is 12.2. The molecule has 0 aromatic carbocycles. The molecule has 1 saturated carbocycles. The molecule has 0 radical (unpaired) electrons. The van der Waals surface area contributed by atoms with Gasteiger partial charge >= 0.3 is 0 Å². The molecule has 0 aromatic rings. The lowest BCUT2D eigenvalue weighted by Gasteiger charge is -2.42. The molecule has 1 N–H and O–H groups in total. The highest BCUT2D eigenvalue weighted by Gasteiger charge is 2.55. The van der Waals surface area contributed by atoms with Crippen LogP contribution in [0.4, 0.5) is 8.78 Å². The van der Waals surface area contributed by atoms with Crippen molar-refractivity contribution in [1.29, 1.82) is 0 Å². The van der Waals surface area contributed by atoms with Crippen LogP contribution in [-0.2, 0) is 0 Å². The molecule has 0 aliphatic heterocycles. The van der Waals surface area contributed by atoms with E-state index in [4.69, 9.17) is 0 Å². The highest BCUT2D eigenvalue weighted by atomic mass is 32.2. The van der Waals surface area contributed by atoms with Crippen molar-refractivity contribution in [3.63, 3.8) is 0 Å². The minimum Gasteiger partial charge on any atom is -0.389 e. The molecule has 0 heterocycles. The van der Waals surface area contributed by atoms with E-state index in [1.807, 2.05) is 0 Å². The fraction of sp³-hybridized carbons (Fsp3) is 1.00. The van der Waals surface area contributed by atoms with E-state index in [9.17, 15) is 13.9 Å². The summed E-state index contributed by atoms with van der Waals surface area (Å²) in [6, 6.07) is 0. The van der Waals surface area contributed by atoms with Crippen LogP contribution >= 0.6 is 11.8 Å². The van der Waals surface area contributed by atoms with Crippen LogP contribution in [0.1, 0.15) is 12.8 Å². The second-order valence-electron chi connectivity index (χ2n) is 2.87. The summed E-state index contributed by atoms with van der Waals surface area (Å²) < 4.78 is 24.4. The van der Waals surface area contributed by atoms with Gasteiger partial charge in [0.1, 0.15) is 0 Å². The van der Waals surface area contributed by atoms with Gasteiger partial charge in [-0.3, -0.25) is 0 Å². The third-order valence-corrected chi connectivity index (χ3v) is 2.41. The van der Waals surface area contributed by atoms with Gasteiger partial charge in [-0.05, 0) is 6.26 Å². The number of thioether (sulfide) groups is 1. The van der Waals surface area contributed by atoms with Crippen molar-refractivity contribution < 1.29 is 13.9 Å². The zero-order valence-corrected chi connectivity index (χ0v) is 6.55. The van der Waals surface area contributed by atoms with E-state index in [0.29, 0.717) is 5.75 Å². The van der Waals surface area contributed by atoms with E-state index in [1.54, 1.807) is 6.26 Å². The molecule has 0 spiro atoms. The first-order valence-corrected chi connectivity index (χ1v) is 4.46. The lowest BCUT2D eigenvalue weighted by molar-refractivity contribution is -0.192. The lowest BCUT2D eigenvalue weighted by Crippen LogP contribution is -2.53. The number of hydrogen-bond donors (Lipinski definition) is 1. The van der Waals surface area contributed by atoms with Crippen molar-refractivity contribution in [2.45, 2.75) is 24.4 Å². The Bertz CT molecular complexity index is 130. The summed E-state index contributed by atoms with van der Waals surface area (Å²) in [5, 5.41) is 9.24. The molecule has 1 aliphatic carbocycles. The van der Waals surface area contributed by atoms with Crippen LogP contribution in [0, 0.1) is 0 Å². The van der Waals surface area contributed by atoms with E-state index in [1.165, 1.54) is 11.8 Å². The largest absolute Gasteiger partial charge is 0.389 e. The van der Waals surface area contributed by atoms with Gasteiger partial charge in [-0.2, -0.15) is 11.8 Å². The Labute approximate surface area is 62.8 Å². The van der Waals surface area contributed by atoms with Gasteiger partial charge in [-0.1, -0.05) is 0 Å². The first-order chi connectivity index (χ1) is 4.47. The molecule has 0 aromatic heterocycles. The third-order valence-electron chi connectivity index (χ3n) is 1.59. The standard InChI is InChI=1S/C6H10F2OS/c1-10-4-5(9)2-6(7,8)3-5/h9H,2-4H2,1H3. The molecule has 0 unspecified atom stereocenters. The predicted molar refractivity (Wildman–Crippen MR) is 37.5 cm³/mol. The molecule has 1 nitrogen and oxygen atoms in total. The van der Waals surface area contributed by atoms with Crippen LogP contribution in [-0.4, -0.2) is 28.6 Å². The fourth-order valence-corrected chi connectivity index (χ4v) is 2.02. The molecular formula is C6H10F2OS. The smallest absolute Gasteiger partial charge is 0.253 e. The Morgan fingerprint density at radius 2 is 2.00 bits per heavy atom. The second-order valence-corrected chi connectivity index (χ2v) is 3.73. The summed E-state index contributed by atoms with van der Waals surface area (Å²) in [4.78, 5) is 0. The molecule has 10 heavy (non-hydrogen) atoms. The fourth-order valence-electron chi connectivity index (χ4n) is 1.28. The van der Waals surface area contributed by atoms with E-state index < -0.39 is 11.5 Å². The van der Waals surface area contributed by atoms with E-state index >= 15 is 0 Å². The number of alkyl halides is 2. The Morgan fingerprint density at radius 1 is 1.50 bits per heavy atom. The summed E-state index contributed by atoms with van der Waals surface area (Å²) in [6.07, 6.45) is 1.08. The number of halogens is 2. The molecule has 4 heteroatoms. The SMILES string of the molecule is CSCC1(O)CC(F)(F)C1. The molecule has 1 rings (SSSR count). The van der Waals surface area contributed by atoms with Crippen molar-refractivity contribution in [1.82, 2.24) is 0 Å². The van der Waals surface area contributed by atoms with Gasteiger partial charge < -0.3 is 5.11 Å². The Balaban J connectivity index is 2.34. The summed E-state index contributed by atoms with van der Waals surface area (Å²) in [7, 11) is 0. The molecule has 0 saturated heterocycles. The molecule has 0 bridgehead atoms. The van der Waals surface area contributed by atoms with E-state index in [2.05, 4.69) is 0 Å². The van der Waals surface area contributed by atoms with Gasteiger partial charge in [0.2, 0.25) is 0 Å². The van der Waals surface area contributed by atoms with Gasteiger partial charge in [-0.25, -0.2) is 8.78 Å². The number of aliphatic hydroxyl groups is 1. The van der Waals surface area contributed by atoms with Gasteiger partial charge in [0.05, 0.1) is 5.60 Å². The van der Waals surface area contributed by atoms with Gasteiger partial charge in [0.15, 0.2) is 0 Å². The zero-order valence-electron chi connectivity index (χ0n) is 5.73. The maximum Gasteiger partial charge on any atom is 0.253 e. The van der Waals surface area contributed by atoms with Crippen molar-refractivity contribution in [2.24, 2.45) is 0 Å². The predicted octanol–water partition coefficient (Wildman–Crippen LogP) is 1.51. The Morgan fingerprint density at radius 3 is 2.30 bits per heavy atom. The average Bonchev–Trinajstić information content (AvgIpc) is 1.58. The highest BCUT2D eigenvalue weighted by Crippen LogP contribution is 2.46. The minimum absolute atomic E-state index is 0.360. The zero-order chi connectivity index (χ0) is 7.83. The second kappa shape index (κ2) is 2.34.